The van der Waals surface area contributed by atoms with Crippen molar-refractivity contribution in [3.8, 4) is 0 Å². The van der Waals surface area contributed by atoms with Gasteiger partial charge >= 0.3 is 0 Å². The minimum Gasteiger partial charge on any atom is -0.379 e. The van der Waals surface area contributed by atoms with Crippen LogP contribution in [0, 0.1) is 5.92 Å². The molecule has 2 rings (SSSR count). The van der Waals surface area contributed by atoms with Crippen LogP contribution in [0.3, 0.4) is 0 Å². The van der Waals surface area contributed by atoms with E-state index in [2.05, 4.69) is 12.2 Å². The average Bonchev–Trinajstić information content (AvgIpc) is 2.83. The van der Waals surface area contributed by atoms with Crippen LogP contribution in [0.25, 0.3) is 0 Å². The Morgan fingerprint density at radius 3 is 2.59 bits per heavy atom. The van der Waals surface area contributed by atoms with Gasteiger partial charge in [-0.3, -0.25) is 0 Å². The smallest absolute Gasteiger partial charge is 0.0838 e. The quantitative estimate of drug-likeness (QED) is 0.801. The molecule has 2 aliphatic rings. The first-order valence-electron chi connectivity index (χ1n) is 7.18. The summed E-state index contributed by atoms with van der Waals surface area (Å²) in [5, 5.41) is 3.32. The third-order valence-electron chi connectivity index (χ3n) is 4.40. The first-order chi connectivity index (χ1) is 8.28. The number of hydrogen-bond donors (Lipinski definition) is 1. The van der Waals surface area contributed by atoms with Crippen molar-refractivity contribution in [3.05, 3.63) is 0 Å². The van der Waals surface area contributed by atoms with Gasteiger partial charge in [0, 0.05) is 13.2 Å². The summed E-state index contributed by atoms with van der Waals surface area (Å²) in [7, 11) is 2.03. The molecule has 100 valence electrons. The summed E-state index contributed by atoms with van der Waals surface area (Å²) in [5.41, 5.74) is 0.0821. The van der Waals surface area contributed by atoms with E-state index >= 15 is 0 Å². The molecule has 1 aliphatic carbocycles. The molecule has 1 heterocycles. The molecule has 1 N–H and O–H groups in total. The van der Waals surface area contributed by atoms with Gasteiger partial charge in [0.2, 0.25) is 0 Å². The van der Waals surface area contributed by atoms with E-state index in [0.29, 0.717) is 6.10 Å². The van der Waals surface area contributed by atoms with Crippen molar-refractivity contribution in [2.24, 2.45) is 5.92 Å². The molecular formula is C14H27NO2. The van der Waals surface area contributed by atoms with Gasteiger partial charge in [-0.15, -0.1) is 0 Å². The maximum atomic E-state index is 6.39. The third-order valence-corrected chi connectivity index (χ3v) is 4.40. The predicted molar refractivity (Wildman–Crippen MR) is 69.2 cm³/mol. The van der Waals surface area contributed by atoms with Crippen LogP contribution < -0.4 is 5.32 Å². The zero-order chi connectivity index (χ0) is 12.1. The maximum absolute atomic E-state index is 6.39. The van der Waals surface area contributed by atoms with Gasteiger partial charge in [0.25, 0.3) is 0 Å². The number of likely N-dealkylation sites (N-methyl/N-ethyl adjacent to an activating group) is 1. The molecule has 1 saturated carbocycles. The van der Waals surface area contributed by atoms with Crippen LogP contribution in [0.1, 0.15) is 45.4 Å². The molecule has 0 aromatic rings. The summed E-state index contributed by atoms with van der Waals surface area (Å²) < 4.78 is 11.8. The van der Waals surface area contributed by atoms with Crippen LogP contribution in [0.2, 0.25) is 0 Å². The van der Waals surface area contributed by atoms with Gasteiger partial charge in [-0.25, -0.2) is 0 Å². The molecule has 0 amide bonds. The Bertz CT molecular complexity index is 218. The lowest BCUT2D eigenvalue weighted by Gasteiger charge is -2.41. The lowest BCUT2D eigenvalue weighted by molar-refractivity contribution is -0.117. The Kier molecular flexibility index (Phi) is 4.83. The van der Waals surface area contributed by atoms with Gasteiger partial charge in [-0.2, -0.15) is 0 Å². The highest BCUT2D eigenvalue weighted by atomic mass is 16.6. The van der Waals surface area contributed by atoms with E-state index < -0.39 is 0 Å². The molecule has 0 radical (unpaired) electrons. The van der Waals surface area contributed by atoms with Crippen molar-refractivity contribution in [2.75, 3.05) is 26.8 Å². The predicted octanol–water partition coefficient (Wildman–Crippen LogP) is 2.35. The number of ether oxygens (including phenoxy) is 2. The molecule has 0 aromatic carbocycles. The van der Waals surface area contributed by atoms with Crippen LogP contribution in [0.4, 0.5) is 0 Å². The second kappa shape index (κ2) is 6.17. The number of nitrogens with one attached hydrogen (secondary N) is 1. The van der Waals surface area contributed by atoms with Gasteiger partial charge < -0.3 is 14.8 Å². The molecule has 1 unspecified atom stereocenters. The first kappa shape index (κ1) is 13.3. The summed E-state index contributed by atoms with van der Waals surface area (Å²) in [6.07, 6.45) is 7.80. The fourth-order valence-electron chi connectivity index (χ4n) is 3.23. The van der Waals surface area contributed by atoms with E-state index in [-0.39, 0.29) is 5.60 Å². The number of rotatable bonds is 5. The summed E-state index contributed by atoms with van der Waals surface area (Å²) in [4.78, 5) is 0. The van der Waals surface area contributed by atoms with Crippen molar-refractivity contribution in [1.29, 1.82) is 0 Å². The highest BCUT2D eigenvalue weighted by molar-refractivity contribution is 4.90. The molecule has 3 heteroatoms. The zero-order valence-corrected chi connectivity index (χ0v) is 11.3. The normalized spacial score (nSPS) is 38.5. The summed E-state index contributed by atoms with van der Waals surface area (Å²) >= 11 is 0. The van der Waals surface area contributed by atoms with E-state index in [1.165, 1.54) is 32.1 Å². The SMILES string of the molecule is CCC1CCC(CNC)(OC2CCOC2)CC1. The van der Waals surface area contributed by atoms with E-state index in [0.717, 1.165) is 32.1 Å². The second-order valence-corrected chi connectivity index (χ2v) is 5.67. The number of hydrogen-bond acceptors (Lipinski definition) is 3. The van der Waals surface area contributed by atoms with Gasteiger partial charge in [0.1, 0.15) is 0 Å². The molecular weight excluding hydrogens is 214 g/mol. The van der Waals surface area contributed by atoms with Crippen molar-refractivity contribution in [2.45, 2.75) is 57.2 Å². The molecule has 1 aliphatic heterocycles. The average molecular weight is 241 g/mol. The molecule has 2 fully saturated rings. The van der Waals surface area contributed by atoms with Crippen LogP contribution >= 0.6 is 0 Å². The monoisotopic (exact) mass is 241 g/mol. The highest BCUT2D eigenvalue weighted by Gasteiger charge is 2.38. The second-order valence-electron chi connectivity index (χ2n) is 5.67. The molecule has 1 atom stereocenters. The van der Waals surface area contributed by atoms with Crippen molar-refractivity contribution in [3.63, 3.8) is 0 Å². The third kappa shape index (κ3) is 3.43. The first-order valence-corrected chi connectivity index (χ1v) is 7.18. The fraction of sp³-hybridized carbons (Fsp3) is 1.00. The van der Waals surface area contributed by atoms with Crippen LogP contribution in [-0.2, 0) is 9.47 Å². The van der Waals surface area contributed by atoms with Gasteiger partial charge in [-0.1, -0.05) is 13.3 Å². The zero-order valence-electron chi connectivity index (χ0n) is 11.3. The Morgan fingerprint density at radius 2 is 2.06 bits per heavy atom. The lowest BCUT2D eigenvalue weighted by atomic mass is 9.77. The standard InChI is InChI=1S/C14H27NO2/c1-3-12-4-7-14(8-5-12,11-15-2)17-13-6-9-16-10-13/h12-13,15H,3-11H2,1-2H3. The molecule has 0 aromatic heterocycles. The summed E-state index contributed by atoms with van der Waals surface area (Å²) in [6, 6.07) is 0. The van der Waals surface area contributed by atoms with E-state index in [4.69, 9.17) is 9.47 Å². The fourth-order valence-corrected chi connectivity index (χ4v) is 3.23. The Balaban J connectivity index is 1.90. The summed E-state index contributed by atoms with van der Waals surface area (Å²) in [6.45, 7) is 4.96. The largest absolute Gasteiger partial charge is 0.379 e. The van der Waals surface area contributed by atoms with Gasteiger partial charge in [0.15, 0.2) is 0 Å². The van der Waals surface area contributed by atoms with Gasteiger partial charge in [0.05, 0.1) is 18.3 Å². The van der Waals surface area contributed by atoms with Crippen molar-refractivity contribution < 1.29 is 9.47 Å². The Labute approximate surface area is 105 Å². The molecule has 0 spiro atoms. The topological polar surface area (TPSA) is 30.5 Å². The van der Waals surface area contributed by atoms with Gasteiger partial charge in [-0.05, 0) is 45.1 Å². The Morgan fingerprint density at radius 1 is 1.29 bits per heavy atom. The Hall–Kier alpha value is -0.120. The van der Waals surface area contributed by atoms with Crippen molar-refractivity contribution >= 4 is 0 Å². The molecule has 3 nitrogen and oxygen atoms in total. The minimum absolute atomic E-state index is 0.0821. The van der Waals surface area contributed by atoms with Crippen LogP contribution in [-0.4, -0.2) is 38.5 Å². The lowest BCUT2D eigenvalue weighted by Crippen LogP contribution is -2.47. The van der Waals surface area contributed by atoms with E-state index in [1.54, 1.807) is 0 Å². The van der Waals surface area contributed by atoms with E-state index in [9.17, 15) is 0 Å². The molecule has 17 heavy (non-hydrogen) atoms. The van der Waals surface area contributed by atoms with Crippen LogP contribution in [0.5, 0.6) is 0 Å². The van der Waals surface area contributed by atoms with E-state index in [1.807, 2.05) is 7.05 Å². The summed E-state index contributed by atoms with van der Waals surface area (Å²) in [5.74, 6) is 0.920. The highest BCUT2D eigenvalue weighted by Crippen LogP contribution is 2.37. The molecule has 0 bridgehead atoms. The van der Waals surface area contributed by atoms with Crippen molar-refractivity contribution in [1.82, 2.24) is 5.32 Å². The molecule has 1 saturated heterocycles. The maximum Gasteiger partial charge on any atom is 0.0838 e. The minimum atomic E-state index is 0.0821. The van der Waals surface area contributed by atoms with Crippen LogP contribution in [0.15, 0.2) is 0 Å².